The van der Waals surface area contributed by atoms with E-state index in [1.54, 1.807) is 6.92 Å². The summed E-state index contributed by atoms with van der Waals surface area (Å²) in [6, 6.07) is 0. The van der Waals surface area contributed by atoms with E-state index in [0.717, 1.165) is 0 Å². The molecule has 0 bridgehead atoms. The average molecular weight is 126 g/mol. The second kappa shape index (κ2) is 1.56. The molecular formula is C6H10N2O. The molecule has 9 heavy (non-hydrogen) atoms. The Hall–Kier alpha value is -0.860. The van der Waals surface area contributed by atoms with Crippen LogP contribution in [0.5, 0.6) is 0 Å². The Kier molecular flexibility index (Phi) is 1.08. The molecule has 50 valence electrons. The molecule has 0 aliphatic carbocycles. The molecule has 1 heterocycles. The SMILES string of the molecule is CC1=NC(=O)C(C)(C)N1. The molecule has 0 saturated carbocycles. The van der Waals surface area contributed by atoms with E-state index in [-0.39, 0.29) is 5.91 Å². The fourth-order valence-electron chi connectivity index (χ4n) is 0.826. The van der Waals surface area contributed by atoms with Crippen LogP contribution in [0.3, 0.4) is 0 Å². The number of carbonyl (C=O) groups excluding carboxylic acids is 1. The number of amides is 1. The lowest BCUT2D eigenvalue weighted by Gasteiger charge is -2.14. The lowest BCUT2D eigenvalue weighted by Crippen LogP contribution is -2.41. The summed E-state index contributed by atoms with van der Waals surface area (Å²) < 4.78 is 0. The van der Waals surface area contributed by atoms with Gasteiger partial charge in [-0.15, -0.1) is 0 Å². The van der Waals surface area contributed by atoms with E-state index in [9.17, 15) is 4.79 Å². The van der Waals surface area contributed by atoms with Crippen LogP contribution in [0.25, 0.3) is 0 Å². The number of hydrogen-bond acceptors (Lipinski definition) is 2. The van der Waals surface area contributed by atoms with E-state index < -0.39 is 5.54 Å². The van der Waals surface area contributed by atoms with Gasteiger partial charge in [-0.1, -0.05) is 0 Å². The first-order valence-corrected chi connectivity index (χ1v) is 2.90. The minimum absolute atomic E-state index is 0.0833. The Balaban J connectivity index is 2.84. The van der Waals surface area contributed by atoms with Gasteiger partial charge in [-0.05, 0) is 20.8 Å². The second-order valence-electron chi connectivity index (χ2n) is 2.75. The number of nitrogens with zero attached hydrogens (tertiary/aromatic N) is 1. The van der Waals surface area contributed by atoms with Crippen molar-refractivity contribution in [2.75, 3.05) is 0 Å². The van der Waals surface area contributed by atoms with Crippen LogP contribution in [-0.4, -0.2) is 17.3 Å². The van der Waals surface area contributed by atoms with Crippen LogP contribution < -0.4 is 5.32 Å². The topological polar surface area (TPSA) is 41.5 Å². The number of hydrogen-bond donors (Lipinski definition) is 1. The maximum absolute atomic E-state index is 10.9. The van der Waals surface area contributed by atoms with Crippen LogP contribution in [0.4, 0.5) is 0 Å². The molecule has 3 nitrogen and oxygen atoms in total. The van der Waals surface area contributed by atoms with Crippen molar-refractivity contribution in [1.29, 1.82) is 0 Å². The van der Waals surface area contributed by atoms with Crippen LogP contribution in [-0.2, 0) is 4.79 Å². The highest BCUT2D eigenvalue weighted by molar-refractivity contribution is 6.04. The Morgan fingerprint density at radius 2 is 2.11 bits per heavy atom. The van der Waals surface area contributed by atoms with Gasteiger partial charge >= 0.3 is 0 Å². The Bertz CT molecular complexity index is 181. The van der Waals surface area contributed by atoms with Crippen molar-refractivity contribution in [3.05, 3.63) is 0 Å². The zero-order valence-corrected chi connectivity index (χ0v) is 5.86. The molecule has 0 radical (unpaired) electrons. The van der Waals surface area contributed by atoms with E-state index >= 15 is 0 Å². The molecule has 0 aromatic rings. The van der Waals surface area contributed by atoms with Crippen molar-refractivity contribution >= 4 is 11.7 Å². The lowest BCUT2D eigenvalue weighted by atomic mass is 10.1. The molecule has 1 amide bonds. The van der Waals surface area contributed by atoms with Crippen molar-refractivity contribution in [2.24, 2.45) is 4.99 Å². The Labute approximate surface area is 54.2 Å². The number of amidine groups is 1. The second-order valence-corrected chi connectivity index (χ2v) is 2.75. The smallest absolute Gasteiger partial charge is 0.272 e. The van der Waals surface area contributed by atoms with Gasteiger partial charge in [0.05, 0.1) is 0 Å². The molecule has 1 rings (SSSR count). The fourth-order valence-corrected chi connectivity index (χ4v) is 0.826. The highest BCUT2D eigenvalue weighted by Crippen LogP contribution is 2.10. The van der Waals surface area contributed by atoms with Crippen molar-refractivity contribution < 1.29 is 4.79 Å². The minimum atomic E-state index is -0.468. The maximum atomic E-state index is 10.9. The molecule has 0 aromatic heterocycles. The molecule has 1 aliphatic heterocycles. The minimum Gasteiger partial charge on any atom is -0.360 e. The number of nitrogens with one attached hydrogen (secondary N) is 1. The van der Waals surface area contributed by atoms with E-state index in [4.69, 9.17) is 0 Å². The lowest BCUT2D eigenvalue weighted by molar-refractivity contribution is -0.121. The van der Waals surface area contributed by atoms with Gasteiger partial charge in [-0.3, -0.25) is 4.79 Å². The number of rotatable bonds is 0. The largest absolute Gasteiger partial charge is 0.360 e. The summed E-state index contributed by atoms with van der Waals surface area (Å²) in [4.78, 5) is 14.6. The van der Waals surface area contributed by atoms with Gasteiger partial charge in [-0.2, -0.15) is 4.99 Å². The van der Waals surface area contributed by atoms with Crippen molar-refractivity contribution in [2.45, 2.75) is 26.3 Å². The molecule has 0 fully saturated rings. The molecular weight excluding hydrogens is 116 g/mol. The van der Waals surface area contributed by atoms with Gasteiger partial charge in [0.15, 0.2) is 0 Å². The third kappa shape index (κ3) is 0.943. The van der Waals surface area contributed by atoms with Crippen molar-refractivity contribution in [1.82, 2.24) is 5.32 Å². The summed E-state index contributed by atoms with van der Waals surface area (Å²) in [6.07, 6.45) is 0. The number of aliphatic imine (C=N–C) groups is 1. The summed E-state index contributed by atoms with van der Waals surface area (Å²) >= 11 is 0. The first-order chi connectivity index (χ1) is 4.02. The van der Waals surface area contributed by atoms with Gasteiger partial charge < -0.3 is 5.32 Å². The zero-order valence-electron chi connectivity index (χ0n) is 5.86. The highest BCUT2D eigenvalue weighted by Gasteiger charge is 2.32. The summed E-state index contributed by atoms with van der Waals surface area (Å²) in [7, 11) is 0. The van der Waals surface area contributed by atoms with Crippen LogP contribution in [0.2, 0.25) is 0 Å². The molecule has 3 heteroatoms. The van der Waals surface area contributed by atoms with E-state index in [2.05, 4.69) is 10.3 Å². The first kappa shape index (κ1) is 6.26. The predicted molar refractivity (Wildman–Crippen MR) is 35.3 cm³/mol. The third-order valence-electron chi connectivity index (χ3n) is 1.30. The van der Waals surface area contributed by atoms with Crippen LogP contribution >= 0.6 is 0 Å². The molecule has 0 atom stereocenters. The van der Waals surface area contributed by atoms with E-state index in [0.29, 0.717) is 5.84 Å². The summed E-state index contributed by atoms with van der Waals surface area (Å²) in [6.45, 7) is 5.41. The van der Waals surface area contributed by atoms with Crippen molar-refractivity contribution in [3.63, 3.8) is 0 Å². The Morgan fingerprint density at radius 1 is 1.56 bits per heavy atom. The van der Waals surface area contributed by atoms with Crippen LogP contribution in [0.15, 0.2) is 4.99 Å². The van der Waals surface area contributed by atoms with Gasteiger partial charge in [0.1, 0.15) is 11.4 Å². The van der Waals surface area contributed by atoms with Crippen LogP contribution in [0, 0.1) is 0 Å². The molecule has 0 aromatic carbocycles. The molecule has 1 aliphatic rings. The Morgan fingerprint density at radius 3 is 2.22 bits per heavy atom. The monoisotopic (exact) mass is 126 g/mol. The molecule has 1 N–H and O–H groups in total. The van der Waals surface area contributed by atoms with Crippen LogP contribution in [0.1, 0.15) is 20.8 Å². The molecule has 0 saturated heterocycles. The maximum Gasteiger partial charge on any atom is 0.272 e. The molecule has 0 unspecified atom stereocenters. The first-order valence-electron chi connectivity index (χ1n) is 2.90. The predicted octanol–water partition coefficient (Wildman–Crippen LogP) is 0.313. The zero-order chi connectivity index (χ0) is 7.07. The summed E-state index contributed by atoms with van der Waals surface area (Å²) in [5, 5.41) is 2.94. The van der Waals surface area contributed by atoms with Gasteiger partial charge in [0.2, 0.25) is 0 Å². The van der Waals surface area contributed by atoms with Gasteiger partial charge in [-0.25, -0.2) is 0 Å². The highest BCUT2D eigenvalue weighted by atomic mass is 16.2. The quantitative estimate of drug-likeness (QED) is 0.507. The van der Waals surface area contributed by atoms with E-state index in [1.165, 1.54) is 0 Å². The fraction of sp³-hybridized carbons (Fsp3) is 0.667. The standard InChI is InChI=1S/C6H10N2O/c1-4-7-5(9)6(2,3)8-4/h1-3H3,(H,7,8,9). The van der Waals surface area contributed by atoms with Gasteiger partial charge in [0, 0.05) is 0 Å². The molecule has 0 spiro atoms. The summed E-state index contributed by atoms with van der Waals surface area (Å²) in [5.74, 6) is 0.630. The number of carbonyl (C=O) groups is 1. The third-order valence-corrected chi connectivity index (χ3v) is 1.30. The van der Waals surface area contributed by atoms with Crippen molar-refractivity contribution in [3.8, 4) is 0 Å². The van der Waals surface area contributed by atoms with E-state index in [1.807, 2.05) is 13.8 Å². The van der Waals surface area contributed by atoms with Gasteiger partial charge in [0.25, 0.3) is 5.91 Å². The summed E-state index contributed by atoms with van der Waals surface area (Å²) in [5.41, 5.74) is -0.468. The normalized spacial score (nSPS) is 23.4. The average Bonchev–Trinajstić information content (AvgIpc) is 1.79.